The summed E-state index contributed by atoms with van der Waals surface area (Å²) in [7, 11) is 3.97. The van der Waals surface area contributed by atoms with E-state index in [1.807, 2.05) is 36.6 Å². The summed E-state index contributed by atoms with van der Waals surface area (Å²) in [5, 5.41) is 5.37. The lowest BCUT2D eigenvalue weighted by Gasteiger charge is -2.16. The molecule has 5 nitrogen and oxygen atoms in total. The number of halogens is 1. The molecule has 0 fully saturated rings. The SMILES string of the molecule is CC(COc1ccc2c(cnn2-c2ccc(F)cc2)c1)NSN(C)C. The molecule has 25 heavy (non-hydrogen) atoms. The number of rotatable bonds is 7. The molecule has 0 aliphatic carbocycles. The van der Waals surface area contributed by atoms with Crippen molar-refractivity contribution in [1.82, 2.24) is 18.8 Å². The highest BCUT2D eigenvalue weighted by molar-refractivity contribution is 7.95. The van der Waals surface area contributed by atoms with Crippen molar-refractivity contribution in [3.63, 3.8) is 0 Å². The van der Waals surface area contributed by atoms with Crippen LogP contribution in [0.1, 0.15) is 6.92 Å². The van der Waals surface area contributed by atoms with Crippen LogP contribution >= 0.6 is 12.1 Å². The number of benzene rings is 2. The van der Waals surface area contributed by atoms with Gasteiger partial charge < -0.3 is 4.74 Å². The van der Waals surface area contributed by atoms with E-state index >= 15 is 0 Å². The Labute approximate surface area is 151 Å². The van der Waals surface area contributed by atoms with E-state index in [2.05, 4.69) is 16.7 Å². The van der Waals surface area contributed by atoms with Crippen molar-refractivity contribution >= 4 is 23.0 Å². The van der Waals surface area contributed by atoms with Gasteiger partial charge in [0, 0.05) is 23.6 Å². The Kier molecular flexibility index (Phi) is 5.57. The monoisotopic (exact) mass is 360 g/mol. The molecule has 3 rings (SSSR count). The zero-order valence-electron chi connectivity index (χ0n) is 14.4. The van der Waals surface area contributed by atoms with Crippen LogP contribution in [0.5, 0.6) is 5.75 Å². The Morgan fingerprint density at radius 3 is 2.72 bits per heavy atom. The van der Waals surface area contributed by atoms with E-state index in [0.29, 0.717) is 6.61 Å². The molecule has 0 amide bonds. The van der Waals surface area contributed by atoms with Gasteiger partial charge in [0.2, 0.25) is 0 Å². The first-order valence-electron chi connectivity index (χ1n) is 7.99. The number of hydrogen-bond donors (Lipinski definition) is 1. The minimum absolute atomic E-state index is 0.213. The summed E-state index contributed by atoms with van der Waals surface area (Å²) in [5.41, 5.74) is 1.77. The number of fused-ring (bicyclic) bond motifs is 1. The number of nitrogens with one attached hydrogen (secondary N) is 1. The molecule has 7 heteroatoms. The normalized spacial score (nSPS) is 12.7. The fraction of sp³-hybridized carbons (Fsp3) is 0.278. The molecule has 0 saturated carbocycles. The van der Waals surface area contributed by atoms with Crippen LogP contribution in [0.3, 0.4) is 0 Å². The van der Waals surface area contributed by atoms with Crippen LogP contribution in [0.4, 0.5) is 4.39 Å². The molecule has 1 heterocycles. The van der Waals surface area contributed by atoms with E-state index in [1.165, 1.54) is 12.1 Å². The summed E-state index contributed by atoms with van der Waals surface area (Å²) >= 11 is 1.54. The largest absolute Gasteiger partial charge is 0.492 e. The zero-order valence-corrected chi connectivity index (χ0v) is 15.3. The number of aromatic nitrogens is 2. The predicted molar refractivity (Wildman–Crippen MR) is 100 cm³/mol. The summed E-state index contributed by atoms with van der Waals surface area (Å²) in [6.07, 6.45) is 1.79. The minimum atomic E-state index is -0.258. The molecular weight excluding hydrogens is 339 g/mol. The van der Waals surface area contributed by atoms with Crippen LogP contribution in [0.25, 0.3) is 16.6 Å². The topological polar surface area (TPSA) is 42.3 Å². The van der Waals surface area contributed by atoms with Gasteiger partial charge >= 0.3 is 0 Å². The van der Waals surface area contributed by atoms with Crippen molar-refractivity contribution in [3.05, 3.63) is 54.5 Å². The van der Waals surface area contributed by atoms with Crippen LogP contribution in [-0.2, 0) is 0 Å². The van der Waals surface area contributed by atoms with E-state index in [-0.39, 0.29) is 11.9 Å². The molecule has 1 aromatic heterocycles. The molecule has 3 aromatic rings. The molecule has 0 radical (unpaired) electrons. The lowest BCUT2D eigenvalue weighted by molar-refractivity contribution is 0.289. The summed E-state index contributed by atoms with van der Waals surface area (Å²) in [6, 6.07) is 12.4. The van der Waals surface area contributed by atoms with Gasteiger partial charge in [-0.15, -0.1) is 0 Å². The van der Waals surface area contributed by atoms with Crippen LogP contribution in [0.15, 0.2) is 48.7 Å². The summed E-state index contributed by atoms with van der Waals surface area (Å²) in [4.78, 5) is 0. The maximum Gasteiger partial charge on any atom is 0.123 e. The van der Waals surface area contributed by atoms with E-state index in [0.717, 1.165) is 22.3 Å². The highest BCUT2D eigenvalue weighted by atomic mass is 32.2. The Balaban J connectivity index is 1.70. The van der Waals surface area contributed by atoms with E-state index < -0.39 is 0 Å². The number of ether oxygens (including phenoxy) is 1. The second-order valence-electron chi connectivity index (χ2n) is 5.99. The first-order chi connectivity index (χ1) is 12.0. The molecule has 1 unspecified atom stereocenters. The van der Waals surface area contributed by atoms with Crippen molar-refractivity contribution in [3.8, 4) is 11.4 Å². The summed E-state index contributed by atoms with van der Waals surface area (Å²) in [6.45, 7) is 2.64. The molecule has 1 N–H and O–H groups in total. The van der Waals surface area contributed by atoms with Gasteiger partial charge in [-0.1, -0.05) is 0 Å². The van der Waals surface area contributed by atoms with Gasteiger partial charge in [0.15, 0.2) is 0 Å². The van der Waals surface area contributed by atoms with E-state index in [1.54, 1.807) is 35.1 Å². The summed E-state index contributed by atoms with van der Waals surface area (Å²) in [5.74, 6) is 0.542. The van der Waals surface area contributed by atoms with Crippen molar-refractivity contribution in [2.45, 2.75) is 13.0 Å². The minimum Gasteiger partial charge on any atom is -0.492 e. The molecule has 0 bridgehead atoms. The van der Waals surface area contributed by atoms with Crippen molar-refractivity contribution in [1.29, 1.82) is 0 Å². The third-order valence-corrected chi connectivity index (χ3v) is 4.42. The second kappa shape index (κ2) is 7.86. The molecule has 0 saturated heterocycles. The average molecular weight is 360 g/mol. The Hall–Kier alpha value is -2.09. The zero-order chi connectivity index (χ0) is 17.8. The van der Waals surface area contributed by atoms with Gasteiger partial charge in [-0.25, -0.2) is 18.1 Å². The summed E-state index contributed by atoms with van der Waals surface area (Å²) < 4.78 is 26.0. The molecular formula is C18H21FN4OS. The lowest BCUT2D eigenvalue weighted by Crippen LogP contribution is -2.29. The molecule has 0 aliphatic heterocycles. The van der Waals surface area contributed by atoms with Crippen molar-refractivity contribution in [2.75, 3.05) is 20.7 Å². The standard InChI is InChI=1S/C18H21FN4OS/c1-13(21-25-22(2)3)12-24-17-8-9-18-14(10-17)11-20-23(18)16-6-4-15(19)5-7-16/h4-11,13,21H,12H2,1-3H3. The van der Waals surface area contributed by atoms with Gasteiger partial charge in [0.25, 0.3) is 0 Å². The molecule has 0 aliphatic rings. The van der Waals surface area contributed by atoms with Gasteiger partial charge in [0.1, 0.15) is 18.2 Å². The van der Waals surface area contributed by atoms with Gasteiger partial charge in [-0.05, 0) is 63.5 Å². The number of nitrogens with zero attached hydrogens (tertiary/aromatic N) is 3. The highest BCUT2D eigenvalue weighted by Crippen LogP contribution is 2.23. The molecule has 132 valence electrons. The number of hydrogen-bond acceptors (Lipinski definition) is 5. The van der Waals surface area contributed by atoms with Gasteiger partial charge in [0.05, 0.1) is 17.4 Å². The maximum absolute atomic E-state index is 13.1. The first kappa shape index (κ1) is 17.7. The highest BCUT2D eigenvalue weighted by Gasteiger charge is 2.08. The molecule has 2 aromatic carbocycles. The van der Waals surface area contributed by atoms with Gasteiger partial charge in [-0.3, -0.25) is 0 Å². The lowest BCUT2D eigenvalue weighted by atomic mass is 10.2. The smallest absolute Gasteiger partial charge is 0.123 e. The second-order valence-corrected chi connectivity index (χ2v) is 7.14. The molecule has 0 spiro atoms. The maximum atomic E-state index is 13.1. The van der Waals surface area contributed by atoms with E-state index in [9.17, 15) is 4.39 Å². The Morgan fingerprint density at radius 2 is 2.00 bits per heavy atom. The first-order valence-corrected chi connectivity index (χ1v) is 8.76. The fourth-order valence-electron chi connectivity index (χ4n) is 2.34. The van der Waals surface area contributed by atoms with Crippen LogP contribution in [0, 0.1) is 5.82 Å². The quantitative estimate of drug-likeness (QED) is 0.652. The van der Waals surface area contributed by atoms with Crippen molar-refractivity contribution in [2.24, 2.45) is 0 Å². The third-order valence-electron chi connectivity index (χ3n) is 3.55. The Bertz CT molecular complexity index is 835. The van der Waals surface area contributed by atoms with Crippen molar-refractivity contribution < 1.29 is 9.13 Å². The third kappa shape index (κ3) is 4.50. The predicted octanol–water partition coefficient (Wildman–Crippen LogP) is 3.65. The average Bonchev–Trinajstić information content (AvgIpc) is 3.02. The van der Waals surface area contributed by atoms with Gasteiger partial charge in [-0.2, -0.15) is 5.10 Å². The fourth-order valence-corrected chi connectivity index (χ4v) is 2.80. The molecule has 1 atom stereocenters. The van der Waals surface area contributed by atoms with E-state index in [4.69, 9.17) is 4.74 Å². The van der Waals surface area contributed by atoms with Crippen LogP contribution in [-0.4, -0.2) is 40.8 Å². The van der Waals surface area contributed by atoms with Crippen LogP contribution < -0.4 is 9.46 Å². The Morgan fingerprint density at radius 1 is 1.24 bits per heavy atom. The van der Waals surface area contributed by atoms with Crippen LogP contribution in [0.2, 0.25) is 0 Å².